The molecule has 4 heteroatoms. The van der Waals surface area contributed by atoms with Crippen molar-refractivity contribution in [2.75, 3.05) is 0 Å². The molecule has 0 aromatic heterocycles. The molecule has 0 radical (unpaired) electrons. The minimum Gasteiger partial charge on any atom is -0.462 e. The van der Waals surface area contributed by atoms with Crippen LogP contribution in [0.1, 0.15) is 40.5 Å². The summed E-state index contributed by atoms with van der Waals surface area (Å²) in [6.45, 7) is 6.96. The predicted molar refractivity (Wildman–Crippen MR) is 61.1 cm³/mol. The molecule has 2 rings (SSSR count). The van der Waals surface area contributed by atoms with Crippen LogP contribution in [0.5, 0.6) is 0 Å². The third kappa shape index (κ3) is 2.61. The SMILES string of the molecule is CC(=O)O[C@@H]1C[C@@H](OC(=O)C(C)(C)C)[C@@H]2C[C@@H]21. The van der Waals surface area contributed by atoms with E-state index in [1.165, 1.54) is 6.92 Å². The zero-order chi connectivity index (χ0) is 12.8. The Balaban J connectivity index is 1.89. The van der Waals surface area contributed by atoms with Crippen molar-refractivity contribution in [3.05, 3.63) is 0 Å². The smallest absolute Gasteiger partial charge is 0.311 e. The molecule has 0 aromatic rings. The second kappa shape index (κ2) is 4.00. The van der Waals surface area contributed by atoms with E-state index in [4.69, 9.17) is 9.47 Å². The first kappa shape index (κ1) is 12.4. The van der Waals surface area contributed by atoms with E-state index in [0.29, 0.717) is 18.3 Å². The first-order chi connectivity index (χ1) is 7.79. The van der Waals surface area contributed by atoms with Gasteiger partial charge >= 0.3 is 11.9 Å². The van der Waals surface area contributed by atoms with Gasteiger partial charge in [0.2, 0.25) is 0 Å². The second-order valence-corrected chi connectivity index (χ2v) is 6.14. The maximum atomic E-state index is 11.8. The molecule has 0 aliphatic heterocycles. The summed E-state index contributed by atoms with van der Waals surface area (Å²) in [5, 5.41) is 0. The maximum Gasteiger partial charge on any atom is 0.311 e. The number of hydrogen-bond acceptors (Lipinski definition) is 4. The van der Waals surface area contributed by atoms with Gasteiger partial charge in [0.05, 0.1) is 5.41 Å². The number of ether oxygens (including phenoxy) is 2. The van der Waals surface area contributed by atoms with Crippen LogP contribution in [0.3, 0.4) is 0 Å². The number of hydrogen-bond donors (Lipinski definition) is 0. The Morgan fingerprint density at radius 2 is 1.53 bits per heavy atom. The topological polar surface area (TPSA) is 52.6 Å². The van der Waals surface area contributed by atoms with Crippen molar-refractivity contribution in [1.82, 2.24) is 0 Å². The van der Waals surface area contributed by atoms with E-state index in [2.05, 4.69) is 0 Å². The van der Waals surface area contributed by atoms with Crippen LogP contribution in [-0.4, -0.2) is 24.1 Å². The summed E-state index contributed by atoms with van der Waals surface area (Å²) in [6.07, 6.45) is 1.57. The molecule has 2 saturated carbocycles. The predicted octanol–water partition coefficient (Wildman–Crippen LogP) is 1.92. The van der Waals surface area contributed by atoms with Gasteiger partial charge in [-0.3, -0.25) is 9.59 Å². The third-order valence-corrected chi connectivity index (χ3v) is 3.50. The number of esters is 2. The zero-order valence-corrected chi connectivity index (χ0v) is 10.9. The lowest BCUT2D eigenvalue weighted by atomic mass is 9.97. The van der Waals surface area contributed by atoms with Gasteiger partial charge in [0, 0.05) is 25.2 Å². The number of carbonyl (C=O) groups excluding carboxylic acids is 2. The van der Waals surface area contributed by atoms with E-state index in [-0.39, 0.29) is 24.1 Å². The minimum atomic E-state index is -0.468. The Kier molecular flexibility index (Phi) is 2.92. The summed E-state index contributed by atoms with van der Waals surface area (Å²) < 4.78 is 10.7. The standard InChI is InChI=1S/C13H20O4/c1-7(14)16-10-6-11(9-5-8(9)10)17-12(15)13(2,3)4/h8-11H,5-6H2,1-4H3/t8-,9+,10+,11+/m0/s1. The highest BCUT2D eigenvalue weighted by Crippen LogP contribution is 2.54. The molecular weight excluding hydrogens is 220 g/mol. The molecular formula is C13H20O4. The summed E-state index contributed by atoms with van der Waals surface area (Å²) in [5.74, 6) is 0.405. The lowest BCUT2D eigenvalue weighted by molar-refractivity contribution is -0.160. The van der Waals surface area contributed by atoms with E-state index in [9.17, 15) is 9.59 Å². The van der Waals surface area contributed by atoms with E-state index in [0.717, 1.165) is 6.42 Å². The summed E-state index contributed by atoms with van der Waals surface area (Å²) in [5.41, 5.74) is -0.468. The summed E-state index contributed by atoms with van der Waals surface area (Å²) in [6, 6.07) is 0. The average Bonchev–Trinajstić information content (AvgIpc) is 2.86. The fraction of sp³-hybridized carbons (Fsp3) is 0.846. The van der Waals surface area contributed by atoms with Crippen LogP contribution in [0, 0.1) is 17.3 Å². The van der Waals surface area contributed by atoms with Crippen LogP contribution >= 0.6 is 0 Å². The van der Waals surface area contributed by atoms with Gasteiger partial charge in [-0.1, -0.05) is 0 Å². The van der Waals surface area contributed by atoms with Gasteiger partial charge in [-0.25, -0.2) is 0 Å². The van der Waals surface area contributed by atoms with Crippen molar-refractivity contribution in [2.24, 2.45) is 17.3 Å². The van der Waals surface area contributed by atoms with Crippen LogP contribution < -0.4 is 0 Å². The van der Waals surface area contributed by atoms with E-state index < -0.39 is 5.41 Å². The van der Waals surface area contributed by atoms with Crippen LogP contribution in [0.4, 0.5) is 0 Å². The molecule has 0 amide bonds. The second-order valence-electron chi connectivity index (χ2n) is 6.14. The van der Waals surface area contributed by atoms with E-state index in [1.54, 1.807) is 0 Å². The van der Waals surface area contributed by atoms with Crippen LogP contribution in [0.2, 0.25) is 0 Å². The van der Waals surface area contributed by atoms with Gasteiger partial charge in [-0.05, 0) is 27.2 Å². The van der Waals surface area contributed by atoms with Crippen molar-refractivity contribution < 1.29 is 19.1 Å². The molecule has 96 valence electrons. The Labute approximate surface area is 102 Å². The Morgan fingerprint density at radius 1 is 1.00 bits per heavy atom. The lowest BCUT2D eigenvalue weighted by Crippen LogP contribution is -2.29. The quantitative estimate of drug-likeness (QED) is 0.692. The Bertz CT molecular complexity index is 342. The maximum absolute atomic E-state index is 11.8. The molecule has 4 nitrogen and oxygen atoms in total. The Morgan fingerprint density at radius 3 is 2.00 bits per heavy atom. The normalized spacial score (nSPS) is 35.1. The van der Waals surface area contributed by atoms with Gasteiger partial charge in [0.15, 0.2) is 0 Å². The molecule has 2 aliphatic rings. The lowest BCUT2D eigenvalue weighted by Gasteiger charge is -2.22. The van der Waals surface area contributed by atoms with Crippen molar-refractivity contribution in [2.45, 2.75) is 52.7 Å². The van der Waals surface area contributed by atoms with Gasteiger partial charge < -0.3 is 9.47 Å². The molecule has 4 atom stereocenters. The van der Waals surface area contributed by atoms with Crippen molar-refractivity contribution in [1.29, 1.82) is 0 Å². The van der Waals surface area contributed by atoms with Gasteiger partial charge in [0.25, 0.3) is 0 Å². The van der Waals surface area contributed by atoms with Crippen molar-refractivity contribution in [3.63, 3.8) is 0 Å². The minimum absolute atomic E-state index is 0.0460. The molecule has 0 heterocycles. The fourth-order valence-corrected chi connectivity index (χ4v) is 2.47. The van der Waals surface area contributed by atoms with E-state index >= 15 is 0 Å². The van der Waals surface area contributed by atoms with Crippen LogP contribution in [-0.2, 0) is 19.1 Å². The summed E-state index contributed by atoms with van der Waals surface area (Å²) in [7, 11) is 0. The van der Waals surface area contributed by atoms with Crippen molar-refractivity contribution >= 4 is 11.9 Å². The monoisotopic (exact) mass is 240 g/mol. The van der Waals surface area contributed by atoms with Gasteiger partial charge in [-0.15, -0.1) is 0 Å². The molecule has 0 N–H and O–H groups in total. The molecule has 2 aliphatic carbocycles. The van der Waals surface area contributed by atoms with Crippen molar-refractivity contribution in [3.8, 4) is 0 Å². The fourth-order valence-electron chi connectivity index (χ4n) is 2.47. The first-order valence-electron chi connectivity index (χ1n) is 6.17. The highest BCUT2D eigenvalue weighted by atomic mass is 16.6. The molecule has 0 saturated heterocycles. The van der Waals surface area contributed by atoms with Crippen LogP contribution in [0.25, 0.3) is 0 Å². The number of carbonyl (C=O) groups is 2. The number of fused-ring (bicyclic) bond motifs is 1. The van der Waals surface area contributed by atoms with Gasteiger partial charge in [0.1, 0.15) is 12.2 Å². The number of rotatable bonds is 2. The summed E-state index contributed by atoms with van der Waals surface area (Å²) >= 11 is 0. The first-order valence-corrected chi connectivity index (χ1v) is 6.17. The molecule has 0 aromatic carbocycles. The molecule has 0 spiro atoms. The molecule has 0 unspecified atom stereocenters. The Hall–Kier alpha value is -1.06. The zero-order valence-electron chi connectivity index (χ0n) is 10.9. The van der Waals surface area contributed by atoms with Crippen LogP contribution in [0.15, 0.2) is 0 Å². The molecule has 2 fully saturated rings. The summed E-state index contributed by atoms with van der Waals surface area (Å²) in [4.78, 5) is 22.7. The highest BCUT2D eigenvalue weighted by Gasteiger charge is 2.58. The average molecular weight is 240 g/mol. The third-order valence-electron chi connectivity index (χ3n) is 3.50. The highest BCUT2D eigenvalue weighted by molar-refractivity contribution is 5.75. The molecule has 17 heavy (non-hydrogen) atoms. The molecule has 0 bridgehead atoms. The van der Waals surface area contributed by atoms with Gasteiger partial charge in [-0.2, -0.15) is 0 Å². The largest absolute Gasteiger partial charge is 0.462 e. The van der Waals surface area contributed by atoms with E-state index in [1.807, 2.05) is 20.8 Å².